The Balaban J connectivity index is 2.73. The van der Waals surface area contributed by atoms with Crippen molar-refractivity contribution in [2.24, 2.45) is 0 Å². The molecule has 0 aliphatic carbocycles. The molecule has 0 bridgehead atoms. The first kappa shape index (κ1) is 19.1. The van der Waals surface area contributed by atoms with E-state index >= 15 is 0 Å². The summed E-state index contributed by atoms with van der Waals surface area (Å²) >= 11 is 0. The van der Waals surface area contributed by atoms with E-state index in [9.17, 15) is 4.79 Å². The van der Waals surface area contributed by atoms with Crippen LogP contribution < -0.4 is 9.47 Å². The Bertz CT molecular complexity index is 507. The molecule has 0 aliphatic heterocycles. The van der Waals surface area contributed by atoms with Gasteiger partial charge in [-0.05, 0) is 44.0 Å². The van der Waals surface area contributed by atoms with Crippen LogP contribution in [-0.2, 0) is 4.79 Å². The minimum Gasteiger partial charge on any atom is -0.493 e. The zero-order valence-electron chi connectivity index (χ0n) is 14.8. The average Bonchev–Trinajstić information content (AvgIpc) is 2.58. The third-order valence-corrected chi connectivity index (χ3v) is 3.69. The highest BCUT2D eigenvalue weighted by Crippen LogP contribution is 2.28. The van der Waals surface area contributed by atoms with Gasteiger partial charge in [-0.2, -0.15) is 0 Å². The van der Waals surface area contributed by atoms with Gasteiger partial charge in [0.1, 0.15) is 0 Å². The van der Waals surface area contributed by atoms with Crippen molar-refractivity contribution < 1.29 is 14.3 Å². The summed E-state index contributed by atoms with van der Waals surface area (Å²) in [6.07, 6.45) is 6.79. The molecule has 0 radical (unpaired) electrons. The van der Waals surface area contributed by atoms with E-state index in [2.05, 4.69) is 6.92 Å². The van der Waals surface area contributed by atoms with Crippen molar-refractivity contribution in [2.45, 2.75) is 40.0 Å². The summed E-state index contributed by atoms with van der Waals surface area (Å²) in [5.41, 5.74) is 0.920. The maximum Gasteiger partial charge on any atom is 0.246 e. The van der Waals surface area contributed by atoms with Crippen LogP contribution in [0.1, 0.15) is 45.6 Å². The van der Waals surface area contributed by atoms with Gasteiger partial charge in [0.2, 0.25) is 5.91 Å². The lowest BCUT2D eigenvalue weighted by atomic mass is 10.2. The van der Waals surface area contributed by atoms with Gasteiger partial charge >= 0.3 is 0 Å². The summed E-state index contributed by atoms with van der Waals surface area (Å²) in [6, 6.07) is 5.72. The molecule has 1 rings (SSSR count). The molecule has 0 N–H and O–H groups in total. The first-order valence-corrected chi connectivity index (χ1v) is 8.44. The second-order valence-electron chi connectivity index (χ2n) is 5.31. The number of nitrogens with zero attached hydrogens (tertiary/aromatic N) is 1. The van der Waals surface area contributed by atoms with Crippen LogP contribution in [0.25, 0.3) is 6.08 Å². The van der Waals surface area contributed by atoms with E-state index in [4.69, 9.17) is 9.47 Å². The number of hydrogen-bond donors (Lipinski definition) is 0. The van der Waals surface area contributed by atoms with Crippen molar-refractivity contribution in [3.05, 3.63) is 29.8 Å². The minimum absolute atomic E-state index is 0.0221. The highest BCUT2D eigenvalue weighted by Gasteiger charge is 2.07. The number of hydrogen-bond acceptors (Lipinski definition) is 3. The molecule has 0 saturated heterocycles. The summed E-state index contributed by atoms with van der Waals surface area (Å²) in [7, 11) is 1.63. The largest absolute Gasteiger partial charge is 0.493 e. The number of carbonyl (C=O) groups excluding carboxylic acids is 1. The molecule has 0 spiro atoms. The van der Waals surface area contributed by atoms with Crippen LogP contribution in [0.15, 0.2) is 24.3 Å². The third kappa shape index (κ3) is 6.35. The molecule has 1 amide bonds. The van der Waals surface area contributed by atoms with E-state index in [1.807, 2.05) is 38.1 Å². The monoisotopic (exact) mass is 319 g/mol. The smallest absolute Gasteiger partial charge is 0.246 e. The van der Waals surface area contributed by atoms with Gasteiger partial charge in [-0.15, -0.1) is 0 Å². The Kier molecular flexibility index (Phi) is 8.88. The van der Waals surface area contributed by atoms with E-state index in [0.29, 0.717) is 25.4 Å². The molecule has 4 heteroatoms. The number of ether oxygens (including phenoxy) is 2. The second-order valence-corrected chi connectivity index (χ2v) is 5.31. The molecule has 0 saturated carbocycles. The number of benzene rings is 1. The zero-order chi connectivity index (χ0) is 17.1. The lowest BCUT2D eigenvalue weighted by molar-refractivity contribution is -0.125. The van der Waals surface area contributed by atoms with E-state index < -0.39 is 0 Å². The van der Waals surface area contributed by atoms with Gasteiger partial charge in [-0.25, -0.2) is 0 Å². The quantitative estimate of drug-likeness (QED) is 0.480. The predicted octanol–water partition coefficient (Wildman–Crippen LogP) is 4.15. The number of methoxy groups -OCH3 is 1. The lowest BCUT2D eigenvalue weighted by Gasteiger charge is -2.16. The van der Waals surface area contributed by atoms with Crippen molar-refractivity contribution in [3.8, 4) is 11.5 Å². The van der Waals surface area contributed by atoms with Gasteiger partial charge in [0, 0.05) is 19.2 Å². The van der Waals surface area contributed by atoms with Crippen molar-refractivity contribution in [1.82, 2.24) is 4.90 Å². The maximum absolute atomic E-state index is 12.0. The first-order valence-electron chi connectivity index (χ1n) is 8.44. The summed E-state index contributed by atoms with van der Waals surface area (Å²) in [4.78, 5) is 13.8. The van der Waals surface area contributed by atoms with Crippen LogP contribution >= 0.6 is 0 Å². The molecule has 0 aliphatic rings. The van der Waals surface area contributed by atoms with Gasteiger partial charge < -0.3 is 14.4 Å². The number of rotatable bonds is 10. The summed E-state index contributed by atoms with van der Waals surface area (Å²) in [5, 5.41) is 0. The minimum atomic E-state index is 0.0221. The number of amides is 1. The van der Waals surface area contributed by atoms with Crippen molar-refractivity contribution in [1.29, 1.82) is 0 Å². The average molecular weight is 319 g/mol. The lowest BCUT2D eigenvalue weighted by Crippen LogP contribution is -2.28. The van der Waals surface area contributed by atoms with Crippen LogP contribution in [0.3, 0.4) is 0 Å². The van der Waals surface area contributed by atoms with Gasteiger partial charge in [-0.1, -0.05) is 25.8 Å². The fourth-order valence-corrected chi connectivity index (χ4v) is 2.25. The molecule has 1 aromatic rings. The zero-order valence-corrected chi connectivity index (χ0v) is 14.8. The molecule has 1 aromatic carbocycles. The molecule has 4 nitrogen and oxygen atoms in total. The highest BCUT2D eigenvalue weighted by atomic mass is 16.5. The van der Waals surface area contributed by atoms with Crippen LogP contribution in [-0.4, -0.2) is 37.6 Å². The normalized spacial score (nSPS) is 10.8. The molecule has 0 atom stereocenters. The Morgan fingerprint density at radius 3 is 2.48 bits per heavy atom. The van der Waals surface area contributed by atoms with Crippen LogP contribution in [0.4, 0.5) is 0 Å². The van der Waals surface area contributed by atoms with Crippen LogP contribution in [0.2, 0.25) is 0 Å². The predicted molar refractivity (Wildman–Crippen MR) is 95.0 cm³/mol. The number of unbranched alkanes of at least 4 members (excludes halogenated alkanes) is 2. The molecule has 23 heavy (non-hydrogen) atoms. The van der Waals surface area contributed by atoms with Gasteiger partial charge in [0.25, 0.3) is 0 Å². The molecule has 0 unspecified atom stereocenters. The maximum atomic E-state index is 12.0. The molecule has 0 fully saturated rings. The topological polar surface area (TPSA) is 38.8 Å². The third-order valence-electron chi connectivity index (χ3n) is 3.69. The summed E-state index contributed by atoms with van der Waals surface area (Å²) < 4.78 is 11.1. The molecular weight excluding hydrogens is 290 g/mol. The molecule has 0 aromatic heterocycles. The van der Waals surface area contributed by atoms with E-state index in [1.165, 1.54) is 6.42 Å². The molecule has 128 valence electrons. The van der Waals surface area contributed by atoms with E-state index in [-0.39, 0.29) is 5.91 Å². The van der Waals surface area contributed by atoms with Gasteiger partial charge in [-0.3, -0.25) is 4.79 Å². The Morgan fingerprint density at radius 2 is 1.87 bits per heavy atom. The molecular formula is C19H29NO3. The number of carbonyl (C=O) groups is 1. The van der Waals surface area contributed by atoms with Crippen LogP contribution in [0.5, 0.6) is 11.5 Å². The standard InChI is InChI=1S/C19H29NO3/c1-5-8-9-14-23-17-12-10-16(15-18(17)22-4)11-13-19(21)20(6-2)7-3/h10-13,15H,5-9,14H2,1-4H3/b13-11+. The van der Waals surface area contributed by atoms with E-state index in [0.717, 1.165) is 24.2 Å². The Morgan fingerprint density at radius 1 is 1.13 bits per heavy atom. The summed E-state index contributed by atoms with van der Waals surface area (Å²) in [6.45, 7) is 8.24. The SMILES string of the molecule is CCCCCOc1ccc(/C=C/C(=O)N(CC)CC)cc1OC. The van der Waals surface area contributed by atoms with Gasteiger partial charge in [0.05, 0.1) is 13.7 Å². The van der Waals surface area contributed by atoms with Crippen molar-refractivity contribution >= 4 is 12.0 Å². The number of likely N-dealkylation sites (N-methyl/N-ethyl adjacent to an activating group) is 1. The van der Waals surface area contributed by atoms with Crippen molar-refractivity contribution in [2.75, 3.05) is 26.8 Å². The Hall–Kier alpha value is -1.97. The fourth-order valence-electron chi connectivity index (χ4n) is 2.25. The highest BCUT2D eigenvalue weighted by molar-refractivity contribution is 5.91. The van der Waals surface area contributed by atoms with Crippen molar-refractivity contribution in [3.63, 3.8) is 0 Å². The van der Waals surface area contributed by atoms with Crippen LogP contribution in [0, 0.1) is 0 Å². The molecule has 0 heterocycles. The van der Waals surface area contributed by atoms with Gasteiger partial charge in [0.15, 0.2) is 11.5 Å². The van der Waals surface area contributed by atoms with E-state index in [1.54, 1.807) is 18.1 Å². The summed E-state index contributed by atoms with van der Waals surface area (Å²) in [5.74, 6) is 1.46. The first-order chi connectivity index (χ1) is 11.2. The fraction of sp³-hybridized carbons (Fsp3) is 0.526. The Labute approximate surface area is 140 Å². The second kappa shape index (κ2) is 10.7.